The lowest BCUT2D eigenvalue weighted by molar-refractivity contribution is 0.414. The van der Waals surface area contributed by atoms with Crippen LogP contribution in [-0.2, 0) is 12.0 Å². The van der Waals surface area contributed by atoms with Gasteiger partial charge < -0.3 is 10.1 Å². The van der Waals surface area contributed by atoms with Crippen LogP contribution in [0.5, 0.6) is 5.75 Å². The van der Waals surface area contributed by atoms with E-state index in [1.165, 1.54) is 4.88 Å². The minimum Gasteiger partial charge on any atom is -0.497 e. The lowest BCUT2D eigenvalue weighted by atomic mass is 9.81. The Morgan fingerprint density at radius 2 is 2.30 bits per heavy atom. The van der Waals surface area contributed by atoms with E-state index >= 15 is 0 Å². The predicted molar refractivity (Wildman–Crippen MR) is 81.2 cm³/mol. The van der Waals surface area contributed by atoms with E-state index in [9.17, 15) is 5.26 Å². The lowest BCUT2D eigenvalue weighted by Gasteiger charge is -2.33. The van der Waals surface area contributed by atoms with Gasteiger partial charge in [-0.3, -0.25) is 0 Å². The Morgan fingerprint density at radius 1 is 1.40 bits per heavy atom. The van der Waals surface area contributed by atoms with Gasteiger partial charge in [0.05, 0.1) is 13.2 Å². The van der Waals surface area contributed by atoms with Crippen molar-refractivity contribution in [1.29, 1.82) is 5.26 Å². The molecule has 1 aromatic carbocycles. The topological polar surface area (TPSA) is 45.0 Å². The number of hydrogen-bond donors (Lipinski definition) is 1. The van der Waals surface area contributed by atoms with Crippen molar-refractivity contribution in [3.8, 4) is 11.8 Å². The summed E-state index contributed by atoms with van der Waals surface area (Å²) in [5.41, 5.74) is 1.45. The van der Waals surface area contributed by atoms with Crippen molar-refractivity contribution in [3.63, 3.8) is 0 Å². The summed E-state index contributed by atoms with van der Waals surface area (Å²) in [6, 6.07) is 12.3. The van der Waals surface area contributed by atoms with Gasteiger partial charge in [0.15, 0.2) is 5.54 Å². The molecule has 102 valence electrons. The molecule has 1 N–H and O–H groups in total. The highest BCUT2D eigenvalue weighted by atomic mass is 32.1. The smallest absolute Gasteiger partial charge is 0.152 e. The van der Waals surface area contributed by atoms with Gasteiger partial charge in [-0.15, -0.1) is 11.3 Å². The normalized spacial score (nSPS) is 20.8. The van der Waals surface area contributed by atoms with Crippen molar-refractivity contribution in [2.24, 2.45) is 0 Å². The molecule has 0 amide bonds. The maximum absolute atomic E-state index is 9.76. The first-order valence-corrected chi connectivity index (χ1v) is 7.56. The van der Waals surface area contributed by atoms with Crippen molar-refractivity contribution in [2.75, 3.05) is 12.4 Å². The van der Waals surface area contributed by atoms with E-state index in [4.69, 9.17) is 4.74 Å². The van der Waals surface area contributed by atoms with Crippen LogP contribution in [0.15, 0.2) is 35.7 Å². The van der Waals surface area contributed by atoms with Crippen LogP contribution in [0.25, 0.3) is 0 Å². The van der Waals surface area contributed by atoms with E-state index in [1.807, 2.05) is 24.3 Å². The monoisotopic (exact) mass is 284 g/mol. The summed E-state index contributed by atoms with van der Waals surface area (Å²) in [7, 11) is 1.65. The fourth-order valence-electron chi connectivity index (χ4n) is 2.78. The van der Waals surface area contributed by atoms with Gasteiger partial charge in [-0.2, -0.15) is 5.26 Å². The SMILES string of the molecule is COc1cccc(NC2(C#N)CCCc3sccc32)c1. The van der Waals surface area contributed by atoms with E-state index < -0.39 is 5.54 Å². The molecule has 0 aliphatic heterocycles. The average molecular weight is 284 g/mol. The van der Waals surface area contributed by atoms with Crippen LogP contribution < -0.4 is 10.1 Å². The molecule has 1 aliphatic rings. The standard InChI is InChI=1S/C16H16N2OS/c1-19-13-5-2-4-12(10-13)18-16(11-17)8-3-6-15-14(16)7-9-20-15/h2,4-5,7,9-10,18H,3,6,8H2,1H3. The number of rotatable bonds is 3. The minimum absolute atomic E-state index is 0.611. The average Bonchev–Trinajstić information content (AvgIpc) is 2.97. The van der Waals surface area contributed by atoms with E-state index in [0.29, 0.717) is 0 Å². The highest BCUT2D eigenvalue weighted by Gasteiger charge is 2.37. The van der Waals surface area contributed by atoms with E-state index in [2.05, 4.69) is 22.8 Å². The van der Waals surface area contributed by atoms with Crippen LogP contribution in [0.1, 0.15) is 23.3 Å². The number of thiophene rings is 1. The van der Waals surface area contributed by atoms with E-state index in [1.54, 1.807) is 18.4 Å². The molecule has 3 nitrogen and oxygen atoms in total. The molecule has 2 aromatic rings. The molecule has 1 unspecified atom stereocenters. The Labute approximate surface area is 122 Å². The molecular weight excluding hydrogens is 268 g/mol. The Kier molecular flexibility index (Phi) is 3.37. The third-order valence-electron chi connectivity index (χ3n) is 3.78. The Balaban J connectivity index is 1.98. The zero-order valence-electron chi connectivity index (χ0n) is 11.3. The number of anilines is 1. The van der Waals surface area contributed by atoms with Crippen LogP contribution in [0, 0.1) is 11.3 Å². The molecule has 0 saturated heterocycles. The van der Waals surface area contributed by atoms with Crippen molar-refractivity contribution in [2.45, 2.75) is 24.8 Å². The molecule has 0 radical (unpaired) electrons. The van der Waals surface area contributed by atoms with E-state index in [-0.39, 0.29) is 0 Å². The highest BCUT2D eigenvalue weighted by Crippen LogP contribution is 2.40. The number of fused-ring (bicyclic) bond motifs is 1. The first kappa shape index (κ1) is 13.0. The molecule has 1 heterocycles. The van der Waals surface area contributed by atoms with Crippen LogP contribution in [0.4, 0.5) is 5.69 Å². The van der Waals surface area contributed by atoms with Crippen molar-refractivity contribution in [3.05, 3.63) is 46.2 Å². The molecule has 0 spiro atoms. The molecular formula is C16H16N2OS. The second kappa shape index (κ2) is 5.18. The Hall–Kier alpha value is -1.99. The van der Waals surface area contributed by atoms with Gasteiger partial charge in [0.2, 0.25) is 0 Å². The van der Waals surface area contributed by atoms with Crippen molar-refractivity contribution < 1.29 is 4.74 Å². The number of ether oxygens (including phenoxy) is 1. The number of methoxy groups -OCH3 is 1. The van der Waals surface area contributed by atoms with Gasteiger partial charge in [0.25, 0.3) is 0 Å². The molecule has 0 bridgehead atoms. The first-order valence-electron chi connectivity index (χ1n) is 6.68. The maximum atomic E-state index is 9.76. The second-order valence-electron chi connectivity index (χ2n) is 4.99. The summed E-state index contributed by atoms with van der Waals surface area (Å²) in [6.45, 7) is 0. The quantitative estimate of drug-likeness (QED) is 0.929. The molecule has 20 heavy (non-hydrogen) atoms. The molecule has 0 fully saturated rings. The molecule has 1 aliphatic carbocycles. The predicted octanol–water partition coefficient (Wildman–Crippen LogP) is 3.92. The molecule has 0 saturated carbocycles. The van der Waals surface area contributed by atoms with Crippen LogP contribution in [0.2, 0.25) is 0 Å². The highest BCUT2D eigenvalue weighted by molar-refractivity contribution is 7.10. The lowest BCUT2D eigenvalue weighted by Crippen LogP contribution is -2.36. The largest absolute Gasteiger partial charge is 0.497 e. The number of nitrogens with one attached hydrogen (secondary N) is 1. The van der Waals surface area contributed by atoms with Gasteiger partial charge in [-0.05, 0) is 42.8 Å². The van der Waals surface area contributed by atoms with Gasteiger partial charge in [-0.25, -0.2) is 0 Å². The van der Waals surface area contributed by atoms with Gasteiger partial charge in [0, 0.05) is 22.2 Å². The van der Waals surface area contributed by atoms with Crippen molar-refractivity contribution in [1.82, 2.24) is 0 Å². The minimum atomic E-state index is -0.611. The Morgan fingerprint density at radius 3 is 3.10 bits per heavy atom. The Bertz CT molecular complexity index is 658. The fourth-order valence-corrected chi connectivity index (χ4v) is 3.78. The summed E-state index contributed by atoms with van der Waals surface area (Å²) in [6.07, 6.45) is 2.96. The summed E-state index contributed by atoms with van der Waals surface area (Å²) in [5, 5.41) is 15.3. The molecule has 4 heteroatoms. The molecule has 1 atom stereocenters. The molecule has 1 aromatic heterocycles. The van der Waals surface area contributed by atoms with Gasteiger partial charge in [0.1, 0.15) is 5.75 Å². The number of benzene rings is 1. The molecule has 3 rings (SSSR count). The number of hydrogen-bond acceptors (Lipinski definition) is 4. The number of nitrogens with zero attached hydrogens (tertiary/aromatic N) is 1. The van der Waals surface area contributed by atoms with Crippen LogP contribution in [-0.4, -0.2) is 7.11 Å². The number of aryl methyl sites for hydroxylation is 1. The van der Waals surface area contributed by atoms with Crippen LogP contribution >= 0.6 is 11.3 Å². The van der Waals surface area contributed by atoms with E-state index in [0.717, 1.165) is 36.3 Å². The third kappa shape index (κ3) is 2.14. The number of nitriles is 1. The van der Waals surface area contributed by atoms with Crippen LogP contribution in [0.3, 0.4) is 0 Å². The summed E-state index contributed by atoms with van der Waals surface area (Å²) in [4.78, 5) is 1.33. The fraction of sp³-hybridized carbons (Fsp3) is 0.312. The van der Waals surface area contributed by atoms with Gasteiger partial charge >= 0.3 is 0 Å². The summed E-state index contributed by atoms with van der Waals surface area (Å²) in [5.74, 6) is 0.796. The summed E-state index contributed by atoms with van der Waals surface area (Å²) >= 11 is 1.75. The van der Waals surface area contributed by atoms with Gasteiger partial charge in [-0.1, -0.05) is 6.07 Å². The third-order valence-corrected chi connectivity index (χ3v) is 4.76. The summed E-state index contributed by atoms with van der Waals surface area (Å²) < 4.78 is 5.24. The maximum Gasteiger partial charge on any atom is 0.152 e. The first-order chi connectivity index (χ1) is 9.77. The van der Waals surface area contributed by atoms with Crippen molar-refractivity contribution >= 4 is 17.0 Å². The zero-order chi connectivity index (χ0) is 14.0. The second-order valence-corrected chi connectivity index (χ2v) is 5.99. The zero-order valence-corrected chi connectivity index (χ0v) is 12.2.